The van der Waals surface area contributed by atoms with Gasteiger partial charge in [-0.05, 0) is 31.7 Å². The van der Waals surface area contributed by atoms with Crippen LogP contribution >= 0.6 is 0 Å². The zero-order valence-corrected chi connectivity index (χ0v) is 15.2. The van der Waals surface area contributed by atoms with E-state index in [1.165, 1.54) is 6.42 Å². The largest absolute Gasteiger partial charge is 0.496 e. The molecule has 2 aliphatic carbocycles. The Morgan fingerprint density at radius 2 is 2.04 bits per heavy atom. The first kappa shape index (κ1) is 17.1. The van der Waals surface area contributed by atoms with E-state index in [0.717, 1.165) is 55.7 Å². The fourth-order valence-corrected chi connectivity index (χ4v) is 3.82. The summed E-state index contributed by atoms with van der Waals surface area (Å²) in [6.45, 7) is 0. The zero-order chi connectivity index (χ0) is 18.0. The van der Waals surface area contributed by atoms with Crippen LogP contribution in [-0.4, -0.2) is 23.2 Å². The molecule has 2 aromatic rings. The van der Waals surface area contributed by atoms with Crippen molar-refractivity contribution in [1.82, 2.24) is 15.5 Å². The predicted octanol–water partition coefficient (Wildman–Crippen LogP) is 3.47. The average molecular weight is 355 g/mol. The fraction of sp³-hybridized carbons (Fsp3) is 0.550. The van der Waals surface area contributed by atoms with Gasteiger partial charge in [-0.15, -0.1) is 0 Å². The Kier molecular flexibility index (Phi) is 4.66. The Hall–Kier alpha value is -2.37. The van der Waals surface area contributed by atoms with Crippen molar-refractivity contribution in [2.24, 2.45) is 0 Å². The third-order valence-corrected chi connectivity index (χ3v) is 5.42. The van der Waals surface area contributed by atoms with E-state index >= 15 is 0 Å². The number of nitrogens with zero attached hydrogens (tertiary/aromatic N) is 2. The topological polar surface area (TPSA) is 77.2 Å². The number of hydrogen-bond acceptors (Lipinski definition) is 5. The highest BCUT2D eigenvalue weighted by molar-refractivity contribution is 5.80. The fourth-order valence-electron chi connectivity index (χ4n) is 3.82. The molecule has 4 rings (SSSR count). The number of ether oxygens (including phenoxy) is 1. The standard InChI is InChI=1S/C20H25N3O3/c1-25-16-8-4-3-7-15(16)13-17(24)22-20(11-5-2-6-12-20)19-21-18(23-26-19)14-9-10-14/h3-4,7-8,14H,2,5-6,9-13H2,1H3,(H,22,24). The van der Waals surface area contributed by atoms with E-state index in [1.54, 1.807) is 7.11 Å². The van der Waals surface area contributed by atoms with E-state index in [2.05, 4.69) is 15.5 Å². The highest BCUT2D eigenvalue weighted by Crippen LogP contribution is 2.41. The van der Waals surface area contributed by atoms with Crippen molar-refractivity contribution in [3.8, 4) is 5.75 Å². The molecule has 2 saturated carbocycles. The molecule has 1 aromatic carbocycles. The molecule has 0 aliphatic heterocycles. The number of nitrogens with one attached hydrogen (secondary N) is 1. The molecule has 0 atom stereocenters. The van der Waals surface area contributed by atoms with Crippen molar-refractivity contribution in [3.05, 3.63) is 41.5 Å². The van der Waals surface area contributed by atoms with E-state index < -0.39 is 5.54 Å². The van der Waals surface area contributed by atoms with Gasteiger partial charge in [-0.2, -0.15) is 4.98 Å². The highest BCUT2D eigenvalue weighted by atomic mass is 16.5. The SMILES string of the molecule is COc1ccccc1CC(=O)NC1(c2nc(C3CC3)no2)CCCCC1. The van der Waals surface area contributed by atoms with Gasteiger partial charge in [0.1, 0.15) is 11.3 Å². The Bertz CT molecular complexity index is 776. The molecule has 1 aromatic heterocycles. The average Bonchev–Trinajstić information content (AvgIpc) is 3.39. The number of para-hydroxylation sites is 1. The number of carbonyl (C=O) groups excluding carboxylic acids is 1. The maximum atomic E-state index is 12.8. The van der Waals surface area contributed by atoms with Crippen molar-refractivity contribution in [3.63, 3.8) is 0 Å². The lowest BCUT2D eigenvalue weighted by molar-refractivity contribution is -0.123. The molecule has 0 bridgehead atoms. The summed E-state index contributed by atoms with van der Waals surface area (Å²) in [5, 5.41) is 7.39. The molecular weight excluding hydrogens is 330 g/mol. The van der Waals surface area contributed by atoms with E-state index in [4.69, 9.17) is 9.26 Å². The Labute approximate surface area is 153 Å². The molecule has 0 saturated heterocycles. The Balaban J connectivity index is 1.53. The van der Waals surface area contributed by atoms with Gasteiger partial charge in [-0.3, -0.25) is 4.79 Å². The Morgan fingerprint density at radius 1 is 1.27 bits per heavy atom. The number of hydrogen-bond donors (Lipinski definition) is 1. The quantitative estimate of drug-likeness (QED) is 0.858. The molecule has 1 N–H and O–H groups in total. The third kappa shape index (κ3) is 3.45. The third-order valence-electron chi connectivity index (χ3n) is 5.42. The lowest BCUT2D eigenvalue weighted by Crippen LogP contribution is -2.48. The minimum Gasteiger partial charge on any atom is -0.496 e. The van der Waals surface area contributed by atoms with Crippen LogP contribution in [0.2, 0.25) is 0 Å². The zero-order valence-electron chi connectivity index (χ0n) is 15.2. The van der Waals surface area contributed by atoms with Crippen LogP contribution in [0.25, 0.3) is 0 Å². The number of amides is 1. The molecule has 2 aliphatic rings. The first-order valence-electron chi connectivity index (χ1n) is 9.47. The molecule has 0 spiro atoms. The van der Waals surface area contributed by atoms with Crippen LogP contribution in [0, 0.1) is 0 Å². The van der Waals surface area contributed by atoms with Crippen molar-refractivity contribution < 1.29 is 14.1 Å². The summed E-state index contributed by atoms with van der Waals surface area (Å²) in [5.74, 6) is 2.51. The van der Waals surface area contributed by atoms with Crippen LogP contribution in [0.3, 0.4) is 0 Å². The van der Waals surface area contributed by atoms with Gasteiger partial charge >= 0.3 is 0 Å². The van der Waals surface area contributed by atoms with Crippen molar-refractivity contribution in [2.45, 2.75) is 62.8 Å². The summed E-state index contributed by atoms with van der Waals surface area (Å²) >= 11 is 0. The number of rotatable bonds is 6. The summed E-state index contributed by atoms with van der Waals surface area (Å²) in [6, 6.07) is 7.62. The minimum absolute atomic E-state index is 0.0393. The summed E-state index contributed by atoms with van der Waals surface area (Å²) in [7, 11) is 1.62. The molecule has 0 unspecified atom stereocenters. The molecule has 1 amide bonds. The molecule has 6 nitrogen and oxygen atoms in total. The van der Waals surface area contributed by atoms with Gasteiger partial charge in [0.25, 0.3) is 5.89 Å². The van der Waals surface area contributed by atoms with Crippen LogP contribution in [0.4, 0.5) is 0 Å². The van der Waals surface area contributed by atoms with Crippen LogP contribution in [0.15, 0.2) is 28.8 Å². The van der Waals surface area contributed by atoms with Crippen LogP contribution in [0.5, 0.6) is 5.75 Å². The van der Waals surface area contributed by atoms with Gasteiger partial charge in [0.15, 0.2) is 5.82 Å². The molecular formula is C20H25N3O3. The van der Waals surface area contributed by atoms with Gasteiger partial charge in [-0.1, -0.05) is 42.6 Å². The molecule has 0 radical (unpaired) electrons. The van der Waals surface area contributed by atoms with Crippen molar-refractivity contribution >= 4 is 5.91 Å². The van der Waals surface area contributed by atoms with Crippen LogP contribution in [0.1, 0.15) is 68.1 Å². The lowest BCUT2D eigenvalue weighted by Gasteiger charge is -2.34. The van der Waals surface area contributed by atoms with Gasteiger partial charge in [0.05, 0.1) is 13.5 Å². The number of carbonyl (C=O) groups is 1. The van der Waals surface area contributed by atoms with E-state index in [9.17, 15) is 4.79 Å². The second-order valence-corrected chi connectivity index (χ2v) is 7.41. The summed E-state index contributed by atoms with van der Waals surface area (Å²) in [5.41, 5.74) is 0.347. The van der Waals surface area contributed by atoms with Gasteiger partial charge in [0.2, 0.25) is 5.91 Å². The lowest BCUT2D eigenvalue weighted by atomic mass is 9.81. The first-order valence-corrected chi connectivity index (χ1v) is 9.47. The van der Waals surface area contributed by atoms with Gasteiger partial charge in [-0.25, -0.2) is 0 Å². The summed E-state index contributed by atoms with van der Waals surface area (Å²) < 4.78 is 11.0. The molecule has 6 heteroatoms. The number of benzene rings is 1. The van der Waals surface area contributed by atoms with Crippen LogP contribution in [-0.2, 0) is 16.8 Å². The molecule has 2 fully saturated rings. The number of aromatic nitrogens is 2. The Morgan fingerprint density at radius 3 is 2.77 bits per heavy atom. The molecule has 26 heavy (non-hydrogen) atoms. The predicted molar refractivity (Wildman–Crippen MR) is 95.9 cm³/mol. The van der Waals surface area contributed by atoms with Crippen molar-refractivity contribution in [2.75, 3.05) is 7.11 Å². The highest BCUT2D eigenvalue weighted by Gasteiger charge is 2.42. The maximum Gasteiger partial charge on any atom is 0.252 e. The maximum absolute atomic E-state index is 12.8. The second-order valence-electron chi connectivity index (χ2n) is 7.41. The first-order chi connectivity index (χ1) is 12.7. The smallest absolute Gasteiger partial charge is 0.252 e. The molecule has 138 valence electrons. The van der Waals surface area contributed by atoms with Gasteiger partial charge < -0.3 is 14.6 Å². The number of methoxy groups -OCH3 is 1. The van der Waals surface area contributed by atoms with Crippen LogP contribution < -0.4 is 10.1 Å². The summed E-state index contributed by atoms with van der Waals surface area (Å²) in [4.78, 5) is 17.5. The second kappa shape index (κ2) is 7.09. The minimum atomic E-state index is -0.530. The molecule has 1 heterocycles. The van der Waals surface area contributed by atoms with Crippen molar-refractivity contribution in [1.29, 1.82) is 0 Å². The van der Waals surface area contributed by atoms with E-state index in [1.807, 2.05) is 24.3 Å². The monoisotopic (exact) mass is 355 g/mol. The van der Waals surface area contributed by atoms with E-state index in [0.29, 0.717) is 11.8 Å². The van der Waals surface area contributed by atoms with Gasteiger partial charge in [0, 0.05) is 11.5 Å². The van der Waals surface area contributed by atoms with E-state index in [-0.39, 0.29) is 12.3 Å². The summed E-state index contributed by atoms with van der Waals surface area (Å²) in [6.07, 6.45) is 7.50. The normalized spacial score (nSPS) is 19.1.